The van der Waals surface area contributed by atoms with Crippen molar-refractivity contribution in [2.24, 2.45) is 5.92 Å². The van der Waals surface area contributed by atoms with Crippen LogP contribution in [0.15, 0.2) is 16.7 Å². The molecule has 1 aliphatic rings. The maximum absolute atomic E-state index is 12.1. The normalized spacial score (nSPS) is 14.4. The Morgan fingerprint density at radius 1 is 1.35 bits per heavy atom. The van der Waals surface area contributed by atoms with Crippen LogP contribution in [-0.4, -0.2) is 29.5 Å². The van der Waals surface area contributed by atoms with Gasteiger partial charge in [-0.2, -0.15) is 0 Å². The zero-order chi connectivity index (χ0) is 14.7. The van der Waals surface area contributed by atoms with Gasteiger partial charge in [0.1, 0.15) is 5.69 Å². The molecule has 0 saturated heterocycles. The van der Waals surface area contributed by atoms with Gasteiger partial charge in [0, 0.05) is 35.7 Å². The number of hydrogen-bond acceptors (Lipinski definition) is 2. The maximum Gasteiger partial charge on any atom is 0.268 e. The van der Waals surface area contributed by atoms with Crippen molar-refractivity contribution in [2.45, 2.75) is 32.7 Å². The van der Waals surface area contributed by atoms with Gasteiger partial charge in [0.25, 0.3) is 5.91 Å². The predicted octanol–water partition coefficient (Wildman–Crippen LogP) is 2.09. The van der Waals surface area contributed by atoms with Gasteiger partial charge in [-0.25, -0.2) is 0 Å². The number of carbonyl (C=O) groups excluding carboxylic acids is 2. The van der Waals surface area contributed by atoms with E-state index in [0.717, 1.165) is 17.3 Å². The van der Waals surface area contributed by atoms with Crippen molar-refractivity contribution in [3.8, 4) is 0 Å². The summed E-state index contributed by atoms with van der Waals surface area (Å²) in [6.07, 6.45) is 4.21. The maximum atomic E-state index is 12.1. The van der Waals surface area contributed by atoms with Gasteiger partial charge in [0.05, 0.1) is 0 Å². The third-order valence-electron chi connectivity index (χ3n) is 3.22. The first-order valence-corrected chi connectivity index (χ1v) is 7.71. The van der Waals surface area contributed by atoms with Gasteiger partial charge in [-0.15, -0.1) is 0 Å². The van der Waals surface area contributed by atoms with E-state index in [1.807, 2.05) is 30.7 Å². The van der Waals surface area contributed by atoms with Crippen LogP contribution in [0.2, 0.25) is 0 Å². The number of nitrogens with one attached hydrogen (secondary N) is 2. The summed E-state index contributed by atoms with van der Waals surface area (Å²) in [6, 6.07) is 2.29. The van der Waals surface area contributed by atoms with E-state index < -0.39 is 0 Å². The minimum atomic E-state index is -0.0959. The highest BCUT2D eigenvalue weighted by molar-refractivity contribution is 9.10. The number of halogens is 1. The molecule has 6 heteroatoms. The highest BCUT2D eigenvalue weighted by atomic mass is 79.9. The van der Waals surface area contributed by atoms with Crippen LogP contribution in [0, 0.1) is 5.92 Å². The summed E-state index contributed by atoms with van der Waals surface area (Å²) < 4.78 is 2.94. The molecule has 1 aromatic heterocycles. The largest absolute Gasteiger partial charge is 0.354 e. The Labute approximate surface area is 127 Å². The molecule has 2 N–H and O–H groups in total. The van der Waals surface area contributed by atoms with Crippen molar-refractivity contribution in [1.82, 2.24) is 15.2 Å². The molecule has 110 valence electrons. The summed E-state index contributed by atoms with van der Waals surface area (Å²) in [5, 5.41) is 5.61. The number of amides is 2. The fraction of sp³-hybridized carbons (Fsp3) is 0.571. The van der Waals surface area contributed by atoms with E-state index in [0.29, 0.717) is 24.8 Å². The number of carbonyl (C=O) groups is 2. The first-order chi connectivity index (χ1) is 9.49. The van der Waals surface area contributed by atoms with Gasteiger partial charge in [0.2, 0.25) is 5.91 Å². The Bertz CT molecular complexity index is 507. The van der Waals surface area contributed by atoms with Crippen LogP contribution in [0.4, 0.5) is 0 Å². The van der Waals surface area contributed by atoms with Crippen molar-refractivity contribution in [1.29, 1.82) is 0 Å². The Hall–Kier alpha value is -1.30. The topological polar surface area (TPSA) is 63.1 Å². The molecule has 2 amide bonds. The predicted molar refractivity (Wildman–Crippen MR) is 80.6 cm³/mol. The van der Waals surface area contributed by atoms with Crippen LogP contribution in [0.5, 0.6) is 0 Å². The summed E-state index contributed by atoms with van der Waals surface area (Å²) in [5.74, 6) is -0.126. The second-order valence-corrected chi connectivity index (χ2v) is 6.30. The number of rotatable bonds is 6. The highest BCUT2D eigenvalue weighted by Crippen LogP contribution is 2.37. The van der Waals surface area contributed by atoms with Crippen molar-refractivity contribution in [2.75, 3.05) is 13.1 Å². The van der Waals surface area contributed by atoms with Crippen molar-refractivity contribution >= 4 is 27.7 Å². The van der Waals surface area contributed by atoms with E-state index in [-0.39, 0.29) is 17.7 Å². The molecule has 0 aliphatic heterocycles. The van der Waals surface area contributed by atoms with Crippen molar-refractivity contribution < 1.29 is 9.59 Å². The number of hydrogen-bond donors (Lipinski definition) is 2. The molecule has 5 nitrogen and oxygen atoms in total. The standard InChI is InChI=1S/C14H20BrN3O2/c1-9(2)13(19)16-5-6-17-14(20)12-7-10(15)8-18(12)11-3-4-11/h7-9,11H,3-6H2,1-2H3,(H,16,19)(H,17,20). The molecule has 0 unspecified atom stereocenters. The summed E-state index contributed by atoms with van der Waals surface area (Å²) in [6.45, 7) is 4.57. The van der Waals surface area contributed by atoms with E-state index in [1.165, 1.54) is 0 Å². The first kappa shape index (κ1) is 15.1. The summed E-state index contributed by atoms with van der Waals surface area (Å²) >= 11 is 3.41. The molecule has 0 bridgehead atoms. The molecule has 1 aromatic rings. The quantitative estimate of drug-likeness (QED) is 0.778. The van der Waals surface area contributed by atoms with E-state index in [1.54, 1.807) is 0 Å². The summed E-state index contributed by atoms with van der Waals surface area (Å²) in [5.41, 5.74) is 0.676. The van der Waals surface area contributed by atoms with Gasteiger partial charge >= 0.3 is 0 Å². The monoisotopic (exact) mass is 341 g/mol. The lowest BCUT2D eigenvalue weighted by atomic mass is 10.2. The second-order valence-electron chi connectivity index (χ2n) is 5.38. The lowest BCUT2D eigenvalue weighted by Crippen LogP contribution is -2.36. The molecular formula is C14H20BrN3O2. The van der Waals surface area contributed by atoms with E-state index >= 15 is 0 Å². The fourth-order valence-electron chi connectivity index (χ4n) is 1.94. The first-order valence-electron chi connectivity index (χ1n) is 6.92. The molecule has 1 saturated carbocycles. The van der Waals surface area contributed by atoms with Gasteiger partial charge in [-0.1, -0.05) is 13.8 Å². The van der Waals surface area contributed by atoms with E-state index in [9.17, 15) is 9.59 Å². The Balaban J connectivity index is 1.82. The van der Waals surface area contributed by atoms with E-state index in [4.69, 9.17) is 0 Å². The van der Waals surface area contributed by atoms with Crippen molar-refractivity contribution in [3.63, 3.8) is 0 Å². The number of nitrogens with zero attached hydrogens (tertiary/aromatic N) is 1. The molecule has 2 rings (SSSR count). The molecule has 1 aliphatic carbocycles. The molecular weight excluding hydrogens is 322 g/mol. The summed E-state index contributed by atoms with van der Waals surface area (Å²) in [4.78, 5) is 23.5. The zero-order valence-corrected chi connectivity index (χ0v) is 13.4. The molecule has 0 atom stereocenters. The lowest BCUT2D eigenvalue weighted by molar-refractivity contribution is -0.123. The minimum Gasteiger partial charge on any atom is -0.354 e. The van der Waals surface area contributed by atoms with E-state index in [2.05, 4.69) is 26.6 Å². The lowest BCUT2D eigenvalue weighted by Gasteiger charge is -2.10. The molecule has 1 heterocycles. The highest BCUT2D eigenvalue weighted by Gasteiger charge is 2.27. The Kier molecular flexibility index (Phi) is 4.86. The van der Waals surface area contributed by atoms with Crippen LogP contribution in [0.25, 0.3) is 0 Å². The average molecular weight is 342 g/mol. The third kappa shape index (κ3) is 3.85. The van der Waals surface area contributed by atoms with Crippen LogP contribution in [-0.2, 0) is 4.79 Å². The third-order valence-corrected chi connectivity index (χ3v) is 3.66. The van der Waals surface area contributed by atoms with Crippen LogP contribution in [0.3, 0.4) is 0 Å². The summed E-state index contributed by atoms with van der Waals surface area (Å²) in [7, 11) is 0. The van der Waals surface area contributed by atoms with Crippen LogP contribution < -0.4 is 10.6 Å². The molecule has 20 heavy (non-hydrogen) atoms. The van der Waals surface area contributed by atoms with Crippen LogP contribution in [0.1, 0.15) is 43.2 Å². The second kappa shape index (κ2) is 6.43. The average Bonchev–Trinajstić information content (AvgIpc) is 3.16. The Morgan fingerprint density at radius 3 is 2.60 bits per heavy atom. The van der Waals surface area contributed by atoms with Crippen LogP contribution >= 0.6 is 15.9 Å². The van der Waals surface area contributed by atoms with Gasteiger partial charge in [-0.05, 0) is 34.8 Å². The Morgan fingerprint density at radius 2 is 2.00 bits per heavy atom. The molecule has 0 spiro atoms. The van der Waals surface area contributed by atoms with Gasteiger partial charge < -0.3 is 15.2 Å². The smallest absolute Gasteiger partial charge is 0.268 e. The molecule has 1 fully saturated rings. The molecule has 0 radical (unpaired) electrons. The number of aromatic nitrogens is 1. The molecule has 0 aromatic carbocycles. The van der Waals surface area contributed by atoms with Gasteiger partial charge in [-0.3, -0.25) is 9.59 Å². The SMILES string of the molecule is CC(C)C(=O)NCCNC(=O)c1cc(Br)cn1C1CC1. The zero-order valence-electron chi connectivity index (χ0n) is 11.8. The fourth-order valence-corrected chi connectivity index (χ4v) is 2.38. The minimum absolute atomic E-state index is 0.00310. The van der Waals surface area contributed by atoms with Gasteiger partial charge in [0.15, 0.2) is 0 Å². The van der Waals surface area contributed by atoms with Crippen molar-refractivity contribution in [3.05, 3.63) is 22.4 Å².